The van der Waals surface area contributed by atoms with Crippen LogP contribution < -0.4 is 10.5 Å². The third-order valence-corrected chi connectivity index (χ3v) is 3.76. The highest BCUT2D eigenvalue weighted by molar-refractivity contribution is 5.79. The van der Waals surface area contributed by atoms with Gasteiger partial charge in [-0.25, -0.2) is 4.39 Å². The maximum absolute atomic E-state index is 12.8. The standard InChI is InChI=1S/C16H22FN3O3/c17-13-3-5-14(6-4-13)23-12-16(22)20-10-8-19(9-11-20)15(21)2-1-7-18/h3-6H,1-2,7-12,18H2. The van der Waals surface area contributed by atoms with Crippen LogP contribution in [0.3, 0.4) is 0 Å². The van der Waals surface area contributed by atoms with Gasteiger partial charge in [0.25, 0.3) is 5.91 Å². The van der Waals surface area contributed by atoms with Crippen molar-refractivity contribution in [3.05, 3.63) is 30.1 Å². The molecule has 0 aromatic heterocycles. The lowest BCUT2D eigenvalue weighted by molar-refractivity contribution is -0.140. The molecule has 2 rings (SSSR count). The van der Waals surface area contributed by atoms with Gasteiger partial charge in [-0.05, 0) is 37.2 Å². The molecule has 1 aliphatic rings. The fourth-order valence-corrected chi connectivity index (χ4v) is 2.38. The van der Waals surface area contributed by atoms with Crippen molar-refractivity contribution in [1.29, 1.82) is 0 Å². The van der Waals surface area contributed by atoms with Crippen LogP contribution in [0.4, 0.5) is 4.39 Å². The van der Waals surface area contributed by atoms with Crippen molar-refractivity contribution in [1.82, 2.24) is 9.80 Å². The first-order valence-electron chi connectivity index (χ1n) is 7.74. The van der Waals surface area contributed by atoms with Crippen molar-refractivity contribution >= 4 is 11.8 Å². The molecule has 0 unspecified atom stereocenters. The number of rotatable bonds is 6. The largest absolute Gasteiger partial charge is 0.484 e. The summed E-state index contributed by atoms with van der Waals surface area (Å²) >= 11 is 0. The van der Waals surface area contributed by atoms with E-state index in [0.29, 0.717) is 51.3 Å². The Morgan fingerprint density at radius 3 is 2.17 bits per heavy atom. The molecular weight excluding hydrogens is 301 g/mol. The van der Waals surface area contributed by atoms with E-state index in [4.69, 9.17) is 10.5 Å². The molecule has 1 aromatic rings. The van der Waals surface area contributed by atoms with Gasteiger partial charge in [0.2, 0.25) is 5.91 Å². The average Bonchev–Trinajstić information content (AvgIpc) is 2.59. The highest BCUT2D eigenvalue weighted by Gasteiger charge is 2.23. The Bertz CT molecular complexity index is 528. The summed E-state index contributed by atoms with van der Waals surface area (Å²) in [7, 11) is 0. The topological polar surface area (TPSA) is 75.9 Å². The Labute approximate surface area is 135 Å². The number of halogens is 1. The Kier molecular flexibility index (Phi) is 6.34. The van der Waals surface area contributed by atoms with Crippen LogP contribution in [0.5, 0.6) is 5.75 Å². The zero-order chi connectivity index (χ0) is 16.7. The summed E-state index contributed by atoms with van der Waals surface area (Å²) in [5.74, 6) is 0.0583. The van der Waals surface area contributed by atoms with Gasteiger partial charge in [0.1, 0.15) is 11.6 Å². The summed E-state index contributed by atoms with van der Waals surface area (Å²) in [6.07, 6.45) is 1.14. The molecule has 2 N–H and O–H groups in total. The Morgan fingerprint density at radius 2 is 1.61 bits per heavy atom. The van der Waals surface area contributed by atoms with Crippen LogP contribution in [0.2, 0.25) is 0 Å². The van der Waals surface area contributed by atoms with E-state index in [2.05, 4.69) is 0 Å². The lowest BCUT2D eigenvalue weighted by atomic mass is 10.2. The van der Waals surface area contributed by atoms with Gasteiger partial charge in [-0.1, -0.05) is 0 Å². The molecule has 6 nitrogen and oxygen atoms in total. The van der Waals surface area contributed by atoms with Gasteiger partial charge in [-0.3, -0.25) is 9.59 Å². The van der Waals surface area contributed by atoms with E-state index in [0.717, 1.165) is 0 Å². The second-order valence-electron chi connectivity index (χ2n) is 5.40. The first-order chi connectivity index (χ1) is 11.1. The maximum Gasteiger partial charge on any atom is 0.260 e. The minimum atomic E-state index is -0.348. The van der Waals surface area contributed by atoms with Crippen LogP contribution in [0.15, 0.2) is 24.3 Å². The molecule has 0 bridgehead atoms. The van der Waals surface area contributed by atoms with E-state index in [1.54, 1.807) is 9.80 Å². The number of hydrogen-bond acceptors (Lipinski definition) is 4. The predicted octanol–water partition coefficient (Wildman–Crippen LogP) is 0.614. The molecule has 2 amide bonds. The van der Waals surface area contributed by atoms with Crippen molar-refractivity contribution in [2.45, 2.75) is 12.8 Å². The van der Waals surface area contributed by atoms with Crippen LogP contribution in [0, 0.1) is 5.82 Å². The average molecular weight is 323 g/mol. The first kappa shape index (κ1) is 17.2. The molecule has 7 heteroatoms. The number of piperazine rings is 1. The van der Waals surface area contributed by atoms with Crippen molar-refractivity contribution in [2.24, 2.45) is 5.73 Å². The zero-order valence-corrected chi connectivity index (χ0v) is 13.0. The molecule has 0 spiro atoms. The summed E-state index contributed by atoms with van der Waals surface area (Å²) in [6, 6.07) is 5.53. The van der Waals surface area contributed by atoms with E-state index in [1.807, 2.05) is 0 Å². The second-order valence-corrected chi connectivity index (χ2v) is 5.40. The molecular formula is C16H22FN3O3. The number of carbonyl (C=O) groups is 2. The number of nitrogens with two attached hydrogens (primary N) is 1. The molecule has 1 aromatic carbocycles. The lowest BCUT2D eigenvalue weighted by Gasteiger charge is -2.34. The zero-order valence-electron chi connectivity index (χ0n) is 13.0. The molecule has 0 radical (unpaired) electrons. The fraction of sp³-hybridized carbons (Fsp3) is 0.500. The SMILES string of the molecule is NCCCC(=O)N1CCN(C(=O)COc2ccc(F)cc2)CC1. The quantitative estimate of drug-likeness (QED) is 0.832. The number of ether oxygens (including phenoxy) is 1. The molecule has 23 heavy (non-hydrogen) atoms. The Balaban J connectivity index is 1.73. The molecule has 126 valence electrons. The smallest absolute Gasteiger partial charge is 0.260 e. The van der Waals surface area contributed by atoms with Crippen LogP contribution in [-0.4, -0.2) is 60.9 Å². The van der Waals surface area contributed by atoms with Crippen LogP contribution in [0.25, 0.3) is 0 Å². The number of benzene rings is 1. The Morgan fingerprint density at radius 1 is 1.04 bits per heavy atom. The van der Waals surface area contributed by atoms with Crippen molar-refractivity contribution in [3.63, 3.8) is 0 Å². The van der Waals surface area contributed by atoms with Crippen LogP contribution in [0.1, 0.15) is 12.8 Å². The minimum absolute atomic E-state index is 0.0881. The van der Waals surface area contributed by atoms with Crippen LogP contribution in [-0.2, 0) is 9.59 Å². The Hall–Kier alpha value is -2.15. The second kappa shape index (κ2) is 8.47. The van der Waals surface area contributed by atoms with Gasteiger partial charge >= 0.3 is 0 Å². The third-order valence-electron chi connectivity index (χ3n) is 3.76. The van der Waals surface area contributed by atoms with Gasteiger partial charge in [0, 0.05) is 32.6 Å². The molecule has 0 saturated carbocycles. The third kappa shape index (κ3) is 5.21. The fourth-order valence-electron chi connectivity index (χ4n) is 2.38. The number of nitrogens with zero attached hydrogens (tertiary/aromatic N) is 2. The predicted molar refractivity (Wildman–Crippen MR) is 83.3 cm³/mol. The molecule has 0 aliphatic carbocycles. The van der Waals surface area contributed by atoms with E-state index in [-0.39, 0.29) is 24.2 Å². The maximum atomic E-state index is 12.8. The molecule has 1 aliphatic heterocycles. The molecule has 1 fully saturated rings. The van der Waals surface area contributed by atoms with Crippen LogP contribution >= 0.6 is 0 Å². The van der Waals surface area contributed by atoms with E-state index in [1.165, 1.54) is 24.3 Å². The van der Waals surface area contributed by atoms with Gasteiger partial charge in [-0.15, -0.1) is 0 Å². The summed E-state index contributed by atoms with van der Waals surface area (Å²) in [6.45, 7) is 2.48. The van der Waals surface area contributed by atoms with E-state index < -0.39 is 0 Å². The van der Waals surface area contributed by atoms with E-state index in [9.17, 15) is 14.0 Å². The van der Waals surface area contributed by atoms with E-state index >= 15 is 0 Å². The number of carbonyl (C=O) groups excluding carboxylic acids is 2. The molecule has 1 heterocycles. The van der Waals surface area contributed by atoms with Gasteiger partial charge in [-0.2, -0.15) is 0 Å². The lowest BCUT2D eigenvalue weighted by Crippen LogP contribution is -2.51. The summed E-state index contributed by atoms with van der Waals surface area (Å²) < 4.78 is 18.1. The highest BCUT2D eigenvalue weighted by atomic mass is 19.1. The number of hydrogen-bond donors (Lipinski definition) is 1. The van der Waals surface area contributed by atoms with Crippen molar-refractivity contribution < 1.29 is 18.7 Å². The normalized spacial score (nSPS) is 14.7. The summed E-state index contributed by atoms with van der Waals surface area (Å²) in [5.41, 5.74) is 5.40. The van der Waals surface area contributed by atoms with Gasteiger partial charge in [0.05, 0.1) is 0 Å². The highest BCUT2D eigenvalue weighted by Crippen LogP contribution is 2.12. The monoisotopic (exact) mass is 323 g/mol. The minimum Gasteiger partial charge on any atom is -0.484 e. The molecule has 1 saturated heterocycles. The first-order valence-corrected chi connectivity index (χ1v) is 7.74. The molecule has 0 atom stereocenters. The van der Waals surface area contributed by atoms with Gasteiger partial charge < -0.3 is 20.3 Å². The van der Waals surface area contributed by atoms with Gasteiger partial charge in [0.15, 0.2) is 6.61 Å². The summed E-state index contributed by atoms with van der Waals surface area (Å²) in [4.78, 5) is 27.4. The summed E-state index contributed by atoms with van der Waals surface area (Å²) in [5, 5.41) is 0. The number of amides is 2. The van der Waals surface area contributed by atoms with Crippen molar-refractivity contribution in [3.8, 4) is 5.75 Å². The van der Waals surface area contributed by atoms with Crippen molar-refractivity contribution in [2.75, 3.05) is 39.3 Å².